The summed E-state index contributed by atoms with van der Waals surface area (Å²) in [6.07, 6.45) is 10.8. The van der Waals surface area contributed by atoms with Gasteiger partial charge >= 0.3 is 56.5 Å². The third kappa shape index (κ3) is 10.4. The molecule has 3 aliphatic rings. The van der Waals surface area contributed by atoms with E-state index in [2.05, 4.69) is 169 Å². The minimum atomic E-state index is -0.339. The van der Waals surface area contributed by atoms with Crippen LogP contribution < -0.4 is 5.46 Å². The molecule has 7 rings (SSSR count). The van der Waals surface area contributed by atoms with Gasteiger partial charge in [-0.15, -0.1) is 0 Å². The third-order valence-corrected chi connectivity index (χ3v) is 9.05. The molecule has 3 fully saturated rings. The van der Waals surface area contributed by atoms with Gasteiger partial charge in [-0.3, -0.25) is 0 Å². The van der Waals surface area contributed by atoms with Gasteiger partial charge in [0.2, 0.25) is 0 Å². The van der Waals surface area contributed by atoms with Crippen molar-refractivity contribution in [3.05, 3.63) is 53.3 Å². The Kier molecular flexibility index (Phi) is 16.7. The van der Waals surface area contributed by atoms with Crippen LogP contribution in [0.4, 0.5) is 0 Å². The molecule has 2 unspecified atom stereocenters. The molecule has 3 saturated heterocycles. The average molecular weight is 1180 g/mol. The Balaban J connectivity index is 0.000000188. The number of hydrogen-bond donors (Lipinski definition) is 0. The van der Waals surface area contributed by atoms with Gasteiger partial charge < -0.3 is 18.8 Å². The van der Waals surface area contributed by atoms with Crippen LogP contribution in [0.5, 0.6) is 0 Å². The molecule has 2 aromatic carbocycles. The van der Waals surface area contributed by atoms with E-state index < -0.39 is 0 Å². The first-order chi connectivity index (χ1) is 22.0. The van der Waals surface area contributed by atoms with Gasteiger partial charge in [0.25, 0.3) is 0 Å². The second-order valence-electron chi connectivity index (χ2n) is 12.1. The van der Waals surface area contributed by atoms with Gasteiger partial charge in [0, 0.05) is 28.5 Å². The number of fused-ring (bicyclic) bond motifs is 2. The number of nitrogens with zero attached hydrogens (tertiary/aromatic N) is 4. The van der Waals surface area contributed by atoms with Crippen molar-refractivity contribution < 1.29 is 28.2 Å². The molecule has 0 saturated carbocycles. The normalized spacial score (nSPS) is 21.8. The molecule has 0 amide bonds. The van der Waals surface area contributed by atoms with E-state index in [1.165, 1.54) is 21.7 Å². The van der Waals surface area contributed by atoms with E-state index in [9.17, 15) is 0 Å². The average Bonchev–Trinajstić information content (AvgIpc) is 3.72. The first-order valence-corrected chi connectivity index (χ1v) is 28.1. The summed E-state index contributed by atoms with van der Waals surface area (Å²) in [6, 6.07) is 12.5. The number of hydrogen-bond acceptors (Lipinski definition) is 6. The van der Waals surface area contributed by atoms with Gasteiger partial charge in [-0.2, -0.15) is 10.2 Å². The first-order valence-electron chi connectivity index (χ1n) is 15.3. The van der Waals surface area contributed by atoms with E-state index >= 15 is 0 Å². The monoisotopic (exact) mass is 1180 g/mol. The zero-order valence-electron chi connectivity index (χ0n) is 26.5. The Hall–Kier alpha value is 1.27. The van der Waals surface area contributed by atoms with Crippen molar-refractivity contribution in [1.82, 2.24) is 19.6 Å². The Morgan fingerprint density at radius 1 is 0.804 bits per heavy atom. The summed E-state index contributed by atoms with van der Waals surface area (Å²) < 4.78 is 30.2. The first kappa shape index (κ1) is 40.0. The van der Waals surface area contributed by atoms with E-state index in [0.29, 0.717) is 9.47 Å². The minimum absolute atomic E-state index is 0.0546. The van der Waals surface area contributed by atoms with Crippen LogP contribution in [0.25, 0.3) is 21.8 Å². The molecular weight excluding hydrogens is 1140 g/mol. The van der Waals surface area contributed by atoms with Crippen molar-refractivity contribution >= 4 is 135 Å². The van der Waals surface area contributed by atoms with Crippen molar-refractivity contribution in [2.45, 2.75) is 89.9 Å². The topological polar surface area (TPSA) is 72.6 Å². The Bertz CT molecular complexity index is 1520. The van der Waals surface area contributed by atoms with Crippen molar-refractivity contribution in [2.24, 2.45) is 0 Å². The molecular formula is C31H40BBrI4N4O4V. The standard InChI is InChI=1S/C18H25BN2O3.C12H13BrN2O.CH2I2.2HI.V/c1-17(2)18(3,4)24-19(23-17)14-8-9-15-13(11-14)12-20-21(15)16-7-5-6-10-22-16;13-10-4-5-11-9(7-10)8-14-15(11)12-3-1-2-6-16-12;2-1-3;;;/h8-9,11-12,16H,5-7,10H2,1-4H3;4-5,7-8,12H,1-3,6H2;1H2;2*1H;/q;;;;;+2/p-2. The number of halogens is 5. The van der Waals surface area contributed by atoms with Gasteiger partial charge in [0.15, 0.2) is 12.5 Å². The van der Waals surface area contributed by atoms with Crippen LogP contribution in [0.15, 0.2) is 53.3 Å². The van der Waals surface area contributed by atoms with Crippen LogP contribution in [0.3, 0.4) is 0 Å². The molecule has 4 aromatic rings. The van der Waals surface area contributed by atoms with Gasteiger partial charge in [-0.1, -0.05) is 73.2 Å². The SMILES string of the molecule is Brc1ccc2c(cnn2C2CCCCO2)c1.CC1(C)OB(c2ccc3c(cnn3C3CCCCO3)c2)OC1(C)C.ICI.[I][V][I]. The molecule has 0 spiro atoms. The summed E-state index contributed by atoms with van der Waals surface area (Å²) >= 11 is 12.8. The number of ether oxygens (including phenoxy) is 2. The summed E-state index contributed by atoms with van der Waals surface area (Å²) in [7, 11) is 0.288. The van der Waals surface area contributed by atoms with Crippen LogP contribution in [0.2, 0.25) is 0 Å². The van der Waals surface area contributed by atoms with E-state index in [-0.39, 0.29) is 30.8 Å². The van der Waals surface area contributed by atoms with Crippen molar-refractivity contribution in [2.75, 3.05) is 15.6 Å². The van der Waals surface area contributed by atoms with Crippen LogP contribution in [0.1, 0.15) is 78.7 Å². The van der Waals surface area contributed by atoms with Crippen LogP contribution in [-0.2, 0) is 28.2 Å². The molecule has 0 radical (unpaired) electrons. The Morgan fingerprint density at radius 3 is 1.72 bits per heavy atom. The molecule has 0 N–H and O–H groups in total. The molecule has 0 bridgehead atoms. The second kappa shape index (κ2) is 19.2. The number of aromatic nitrogens is 4. The molecule has 8 nitrogen and oxygen atoms in total. The van der Waals surface area contributed by atoms with Crippen LogP contribution >= 0.6 is 101 Å². The van der Waals surface area contributed by atoms with Gasteiger partial charge in [-0.05, 0) is 95.9 Å². The summed E-state index contributed by atoms with van der Waals surface area (Å²) in [4.78, 5) is 0. The fourth-order valence-corrected chi connectivity index (χ4v) is 5.89. The third-order valence-electron chi connectivity index (χ3n) is 8.56. The quantitative estimate of drug-likeness (QED) is 0.116. The zero-order valence-corrected chi connectivity index (χ0v) is 38.1. The number of alkyl halides is 2. The molecule has 15 heteroatoms. The van der Waals surface area contributed by atoms with Gasteiger partial charge in [-0.25, -0.2) is 9.36 Å². The fraction of sp³-hybridized carbons (Fsp3) is 0.548. The van der Waals surface area contributed by atoms with Crippen molar-refractivity contribution in [1.29, 1.82) is 0 Å². The maximum absolute atomic E-state index is 6.15. The van der Waals surface area contributed by atoms with Gasteiger partial charge in [0.1, 0.15) is 0 Å². The molecule has 2 atom stereocenters. The molecule has 5 heterocycles. The Morgan fingerprint density at radius 2 is 1.26 bits per heavy atom. The van der Waals surface area contributed by atoms with E-state index in [0.717, 1.165) is 64.2 Å². The van der Waals surface area contributed by atoms with Crippen molar-refractivity contribution in [3.63, 3.8) is 0 Å². The molecule has 2 aromatic heterocycles. The predicted octanol–water partition coefficient (Wildman–Crippen LogP) is 10.1. The molecule has 3 aliphatic heterocycles. The molecule has 0 aliphatic carbocycles. The van der Waals surface area contributed by atoms with Crippen LogP contribution in [0, 0.1) is 0 Å². The fourth-order valence-electron chi connectivity index (χ4n) is 5.51. The summed E-state index contributed by atoms with van der Waals surface area (Å²) in [5, 5.41) is 11.2. The van der Waals surface area contributed by atoms with E-state index in [4.69, 9.17) is 18.8 Å². The number of benzene rings is 2. The Labute approximate surface area is 337 Å². The molecule has 46 heavy (non-hydrogen) atoms. The predicted molar refractivity (Wildman–Crippen MR) is 222 cm³/mol. The summed E-state index contributed by atoms with van der Waals surface area (Å²) in [6.45, 7) is 9.96. The van der Waals surface area contributed by atoms with E-state index in [1.807, 2.05) is 27.8 Å². The second-order valence-corrected chi connectivity index (χ2v) is 29.2. The summed E-state index contributed by atoms with van der Waals surface area (Å²) in [5.74, 6) is 0. The maximum atomic E-state index is 6.15. The van der Waals surface area contributed by atoms with Crippen LogP contribution in [-0.4, -0.2) is 53.5 Å². The summed E-state index contributed by atoms with van der Waals surface area (Å²) in [5.41, 5.74) is 2.63. The molecule has 251 valence electrons. The van der Waals surface area contributed by atoms with Crippen molar-refractivity contribution in [3.8, 4) is 0 Å². The van der Waals surface area contributed by atoms with Gasteiger partial charge in [0.05, 0.1) is 37.1 Å². The number of rotatable bonds is 3. The van der Waals surface area contributed by atoms with E-state index in [1.54, 1.807) is 0 Å². The zero-order chi connectivity index (χ0) is 33.3.